The van der Waals surface area contributed by atoms with Crippen LogP contribution >= 0.6 is 0 Å². The van der Waals surface area contributed by atoms with Gasteiger partial charge in [0.05, 0.1) is 11.0 Å². The van der Waals surface area contributed by atoms with Crippen LogP contribution in [-0.4, -0.2) is 33.4 Å². The average molecular weight is 363 g/mol. The number of amides is 1. The molecule has 140 valence electrons. The van der Waals surface area contributed by atoms with Crippen LogP contribution in [-0.2, 0) is 11.2 Å². The van der Waals surface area contributed by atoms with E-state index in [1.54, 1.807) is 0 Å². The number of para-hydroxylation sites is 2. The number of H-pyrrole nitrogens is 1. The van der Waals surface area contributed by atoms with Gasteiger partial charge in [0.1, 0.15) is 0 Å². The summed E-state index contributed by atoms with van der Waals surface area (Å²) in [7, 11) is 0. The number of nitrogens with zero attached hydrogens (tertiary/aromatic N) is 2. The first-order chi connectivity index (χ1) is 13.1. The molecule has 0 bridgehead atoms. The molecule has 2 aromatic carbocycles. The fraction of sp³-hybridized carbons (Fsp3) is 0.364. The minimum absolute atomic E-state index is 0.0552. The quantitative estimate of drug-likeness (QED) is 0.772. The topological polar surface area (TPSA) is 58.1 Å². The number of imidazole rings is 1. The smallest absolute Gasteiger partial charge is 0.326 e. The molecular formula is C22H25N3O2. The standard InChI is InChI=1S/C22H25N3O2/c1-16-5-4-6-17(15-16)9-10-21(26)24-13-11-18(12-14-24)25-20-8-3-2-7-19(20)23-22(25)27/h2-8,15,18H,9-14H2,1H3,(H,23,27). The van der Waals surface area contributed by atoms with Crippen molar-refractivity contribution in [1.29, 1.82) is 0 Å². The van der Waals surface area contributed by atoms with Crippen molar-refractivity contribution in [3.8, 4) is 0 Å². The second-order valence-corrected chi connectivity index (χ2v) is 7.42. The van der Waals surface area contributed by atoms with Gasteiger partial charge < -0.3 is 9.88 Å². The van der Waals surface area contributed by atoms with Gasteiger partial charge in [-0.25, -0.2) is 4.79 Å². The zero-order valence-electron chi connectivity index (χ0n) is 15.6. The molecule has 1 aliphatic rings. The van der Waals surface area contributed by atoms with E-state index < -0.39 is 0 Å². The van der Waals surface area contributed by atoms with Gasteiger partial charge in [-0.3, -0.25) is 9.36 Å². The highest BCUT2D eigenvalue weighted by Gasteiger charge is 2.25. The van der Waals surface area contributed by atoms with Crippen molar-refractivity contribution in [3.05, 3.63) is 70.1 Å². The third kappa shape index (κ3) is 3.68. The van der Waals surface area contributed by atoms with Crippen LogP contribution in [0.25, 0.3) is 11.0 Å². The molecule has 0 radical (unpaired) electrons. The summed E-state index contributed by atoms with van der Waals surface area (Å²) in [5, 5.41) is 0. The van der Waals surface area contributed by atoms with Gasteiger partial charge in [0.2, 0.25) is 5.91 Å². The Kier molecular flexibility index (Phi) is 4.84. The number of aromatic amines is 1. The number of hydrogen-bond donors (Lipinski definition) is 1. The lowest BCUT2D eigenvalue weighted by Crippen LogP contribution is -2.40. The third-order valence-corrected chi connectivity index (χ3v) is 5.52. The number of fused-ring (bicyclic) bond motifs is 1. The highest BCUT2D eigenvalue weighted by molar-refractivity contribution is 5.77. The normalized spacial score (nSPS) is 15.4. The maximum atomic E-state index is 12.6. The molecule has 1 fully saturated rings. The molecule has 27 heavy (non-hydrogen) atoms. The molecule has 1 amide bonds. The van der Waals surface area contributed by atoms with Gasteiger partial charge >= 0.3 is 5.69 Å². The Morgan fingerprint density at radius 1 is 1.11 bits per heavy atom. The average Bonchev–Trinajstić information content (AvgIpc) is 3.02. The summed E-state index contributed by atoms with van der Waals surface area (Å²) in [6, 6.07) is 16.3. The highest BCUT2D eigenvalue weighted by atomic mass is 16.2. The number of rotatable bonds is 4. The third-order valence-electron chi connectivity index (χ3n) is 5.52. The largest absolute Gasteiger partial charge is 0.343 e. The van der Waals surface area contributed by atoms with E-state index in [2.05, 4.69) is 30.1 Å². The summed E-state index contributed by atoms with van der Waals surface area (Å²) < 4.78 is 1.86. The SMILES string of the molecule is Cc1cccc(CCC(=O)N2CCC(n3c(=O)[nH]c4ccccc43)CC2)c1. The van der Waals surface area contributed by atoms with Crippen molar-refractivity contribution in [1.82, 2.24) is 14.5 Å². The second-order valence-electron chi connectivity index (χ2n) is 7.42. The van der Waals surface area contributed by atoms with E-state index in [1.807, 2.05) is 39.8 Å². The molecule has 5 heteroatoms. The first-order valence-corrected chi connectivity index (χ1v) is 9.64. The van der Waals surface area contributed by atoms with Crippen LogP contribution in [0.15, 0.2) is 53.3 Å². The zero-order chi connectivity index (χ0) is 18.8. The Morgan fingerprint density at radius 2 is 1.89 bits per heavy atom. The number of carbonyl (C=O) groups is 1. The van der Waals surface area contributed by atoms with Crippen molar-refractivity contribution in [3.63, 3.8) is 0 Å². The predicted octanol–water partition coefficient (Wildman–Crippen LogP) is 3.43. The van der Waals surface area contributed by atoms with Gasteiger partial charge in [-0.2, -0.15) is 0 Å². The van der Waals surface area contributed by atoms with Crippen LogP contribution in [0.1, 0.15) is 36.4 Å². The highest BCUT2D eigenvalue weighted by Crippen LogP contribution is 2.25. The lowest BCUT2D eigenvalue weighted by atomic mass is 10.0. The fourth-order valence-corrected chi connectivity index (χ4v) is 4.09. The number of hydrogen-bond acceptors (Lipinski definition) is 2. The van der Waals surface area contributed by atoms with E-state index in [4.69, 9.17) is 0 Å². The zero-order valence-corrected chi connectivity index (χ0v) is 15.6. The van der Waals surface area contributed by atoms with Gasteiger partial charge in [0, 0.05) is 25.6 Å². The van der Waals surface area contributed by atoms with E-state index in [0.29, 0.717) is 19.5 Å². The van der Waals surface area contributed by atoms with Gasteiger partial charge in [-0.1, -0.05) is 42.0 Å². The lowest BCUT2D eigenvalue weighted by Gasteiger charge is -2.32. The van der Waals surface area contributed by atoms with Crippen molar-refractivity contribution < 1.29 is 4.79 Å². The molecule has 0 unspecified atom stereocenters. The Morgan fingerprint density at radius 3 is 2.67 bits per heavy atom. The van der Waals surface area contributed by atoms with E-state index in [9.17, 15) is 9.59 Å². The monoisotopic (exact) mass is 363 g/mol. The number of benzene rings is 2. The van der Waals surface area contributed by atoms with Crippen LogP contribution in [0.5, 0.6) is 0 Å². The molecule has 0 spiro atoms. The van der Waals surface area contributed by atoms with E-state index in [-0.39, 0.29) is 17.6 Å². The molecule has 1 saturated heterocycles. The van der Waals surface area contributed by atoms with Crippen molar-refractivity contribution >= 4 is 16.9 Å². The summed E-state index contributed by atoms with van der Waals surface area (Å²) in [5.41, 5.74) is 4.21. The van der Waals surface area contributed by atoms with E-state index in [0.717, 1.165) is 30.3 Å². The summed E-state index contributed by atoms with van der Waals surface area (Å²) >= 11 is 0. The molecule has 3 aromatic rings. The van der Waals surface area contributed by atoms with Gasteiger partial charge in [-0.15, -0.1) is 0 Å². The molecule has 0 aliphatic carbocycles. The Balaban J connectivity index is 1.37. The van der Waals surface area contributed by atoms with Gasteiger partial charge in [-0.05, 0) is 43.9 Å². The fourth-order valence-electron chi connectivity index (χ4n) is 4.09. The van der Waals surface area contributed by atoms with Crippen LogP contribution in [0.2, 0.25) is 0 Å². The van der Waals surface area contributed by atoms with Crippen LogP contribution in [0, 0.1) is 6.92 Å². The van der Waals surface area contributed by atoms with Crippen LogP contribution < -0.4 is 5.69 Å². The summed E-state index contributed by atoms with van der Waals surface area (Å²) in [6.45, 7) is 3.50. The molecule has 4 rings (SSSR count). The predicted molar refractivity (Wildman–Crippen MR) is 107 cm³/mol. The Hall–Kier alpha value is -2.82. The first-order valence-electron chi connectivity index (χ1n) is 9.64. The van der Waals surface area contributed by atoms with Crippen molar-refractivity contribution in [2.24, 2.45) is 0 Å². The van der Waals surface area contributed by atoms with E-state index >= 15 is 0 Å². The molecule has 1 N–H and O–H groups in total. The van der Waals surface area contributed by atoms with E-state index in [1.165, 1.54) is 11.1 Å². The second kappa shape index (κ2) is 7.43. The number of piperidine rings is 1. The number of aromatic nitrogens is 2. The molecule has 0 atom stereocenters. The molecule has 5 nitrogen and oxygen atoms in total. The molecule has 0 saturated carbocycles. The molecular weight excluding hydrogens is 338 g/mol. The number of nitrogens with one attached hydrogen (secondary N) is 1. The summed E-state index contributed by atoms with van der Waals surface area (Å²) in [6.07, 6.45) is 2.96. The van der Waals surface area contributed by atoms with Gasteiger partial charge in [0.15, 0.2) is 0 Å². The van der Waals surface area contributed by atoms with Crippen molar-refractivity contribution in [2.45, 2.75) is 38.6 Å². The maximum absolute atomic E-state index is 12.6. The van der Waals surface area contributed by atoms with Crippen LogP contribution in [0.3, 0.4) is 0 Å². The summed E-state index contributed by atoms with van der Waals surface area (Å²) in [4.78, 5) is 29.8. The molecule has 1 aliphatic heterocycles. The minimum Gasteiger partial charge on any atom is -0.343 e. The van der Waals surface area contributed by atoms with Crippen molar-refractivity contribution in [2.75, 3.05) is 13.1 Å². The maximum Gasteiger partial charge on any atom is 0.326 e. The summed E-state index contributed by atoms with van der Waals surface area (Å²) in [5.74, 6) is 0.209. The molecule has 2 heterocycles. The van der Waals surface area contributed by atoms with Crippen LogP contribution in [0.4, 0.5) is 0 Å². The number of aryl methyl sites for hydroxylation is 2. The molecule has 1 aromatic heterocycles. The number of carbonyl (C=O) groups excluding carboxylic acids is 1. The lowest BCUT2D eigenvalue weighted by molar-refractivity contribution is -0.132. The Bertz CT molecular complexity index is 1010. The minimum atomic E-state index is -0.0552. The number of likely N-dealkylation sites (tertiary alicyclic amines) is 1. The van der Waals surface area contributed by atoms with Gasteiger partial charge in [0.25, 0.3) is 0 Å². The first kappa shape index (κ1) is 17.6. The Labute approximate surface area is 158 Å².